The maximum absolute atomic E-state index is 11.2. The second-order valence-corrected chi connectivity index (χ2v) is 12.5. The summed E-state index contributed by atoms with van der Waals surface area (Å²) in [6, 6.07) is 0. The van der Waals surface area contributed by atoms with Crippen molar-refractivity contribution >= 4 is 5.97 Å². The molecule has 0 amide bonds. The van der Waals surface area contributed by atoms with Crippen LogP contribution in [0.3, 0.4) is 0 Å². The minimum Gasteiger partial charge on any atom is -0.469 e. The fraction of sp³-hybridized carbons (Fsp3) is 0.897. The topological polar surface area (TPSA) is 58.6 Å². The maximum atomic E-state index is 11.2. The van der Waals surface area contributed by atoms with Crippen LogP contribution in [0.1, 0.15) is 97.8 Å². The van der Waals surface area contributed by atoms with E-state index < -0.39 is 0 Å². The van der Waals surface area contributed by atoms with Crippen molar-refractivity contribution in [3.8, 4) is 0 Å². The lowest BCUT2D eigenvalue weighted by atomic mass is 9.47. The molecule has 0 aromatic heterocycles. The van der Waals surface area contributed by atoms with Gasteiger partial charge >= 0.3 is 5.97 Å². The van der Waals surface area contributed by atoms with Crippen molar-refractivity contribution in [3.05, 3.63) is 11.6 Å². The SMILES string of the molecule is COC(=O)CCCCCNC[C@@H](C)[C@H]1CC[C@H]2[C@@H]3CC=C4C[C@@H](O)CC[C@]4(C)[C@H]3CC[C@]12C. The Bertz CT molecular complexity index is 720. The van der Waals surface area contributed by atoms with Gasteiger partial charge < -0.3 is 15.2 Å². The predicted molar refractivity (Wildman–Crippen MR) is 134 cm³/mol. The number of carbonyl (C=O) groups is 1. The van der Waals surface area contributed by atoms with Gasteiger partial charge in [-0.05, 0) is 118 Å². The molecule has 4 rings (SSSR count). The van der Waals surface area contributed by atoms with Crippen molar-refractivity contribution in [2.45, 2.75) is 104 Å². The maximum Gasteiger partial charge on any atom is 0.305 e. The van der Waals surface area contributed by atoms with Crippen molar-refractivity contribution in [2.75, 3.05) is 20.2 Å². The zero-order valence-electron chi connectivity index (χ0n) is 21.7. The second-order valence-electron chi connectivity index (χ2n) is 12.5. The minimum atomic E-state index is -0.105. The zero-order valence-corrected chi connectivity index (χ0v) is 21.7. The van der Waals surface area contributed by atoms with E-state index in [9.17, 15) is 9.90 Å². The van der Waals surface area contributed by atoms with Crippen LogP contribution in [0, 0.1) is 40.4 Å². The smallest absolute Gasteiger partial charge is 0.305 e. The highest BCUT2D eigenvalue weighted by Crippen LogP contribution is 2.67. The van der Waals surface area contributed by atoms with E-state index >= 15 is 0 Å². The number of allylic oxidation sites excluding steroid dienone is 1. The lowest BCUT2D eigenvalue weighted by Gasteiger charge is -2.58. The molecule has 0 spiro atoms. The van der Waals surface area contributed by atoms with Gasteiger partial charge in [0.15, 0.2) is 0 Å². The molecule has 2 N–H and O–H groups in total. The summed E-state index contributed by atoms with van der Waals surface area (Å²) in [4.78, 5) is 11.2. The number of hydrogen-bond acceptors (Lipinski definition) is 4. The summed E-state index contributed by atoms with van der Waals surface area (Å²) in [5.41, 5.74) is 2.44. The van der Waals surface area contributed by atoms with Gasteiger partial charge in [-0.3, -0.25) is 4.79 Å². The molecule has 0 aromatic rings. The highest BCUT2D eigenvalue weighted by atomic mass is 16.5. The first-order chi connectivity index (χ1) is 15.8. The van der Waals surface area contributed by atoms with Gasteiger partial charge in [0, 0.05) is 6.42 Å². The number of aliphatic hydroxyl groups is 1. The molecule has 33 heavy (non-hydrogen) atoms. The highest BCUT2D eigenvalue weighted by molar-refractivity contribution is 5.68. The van der Waals surface area contributed by atoms with E-state index in [0.29, 0.717) is 17.3 Å². The Morgan fingerprint density at radius 3 is 2.76 bits per heavy atom. The highest BCUT2D eigenvalue weighted by Gasteiger charge is 2.59. The summed E-state index contributed by atoms with van der Waals surface area (Å²) >= 11 is 0. The van der Waals surface area contributed by atoms with Gasteiger partial charge in [-0.1, -0.05) is 38.8 Å². The summed E-state index contributed by atoms with van der Waals surface area (Å²) < 4.78 is 4.72. The number of aliphatic hydroxyl groups excluding tert-OH is 1. The van der Waals surface area contributed by atoms with E-state index in [2.05, 4.69) is 32.2 Å². The molecule has 4 aliphatic carbocycles. The average Bonchev–Trinajstić information content (AvgIpc) is 3.16. The Balaban J connectivity index is 1.29. The van der Waals surface area contributed by atoms with E-state index in [1.54, 1.807) is 5.57 Å². The van der Waals surface area contributed by atoms with Crippen LogP contribution in [0.4, 0.5) is 0 Å². The van der Waals surface area contributed by atoms with Gasteiger partial charge in [0.25, 0.3) is 0 Å². The minimum absolute atomic E-state index is 0.0879. The molecule has 188 valence electrons. The largest absolute Gasteiger partial charge is 0.469 e. The molecule has 4 nitrogen and oxygen atoms in total. The third-order valence-corrected chi connectivity index (χ3v) is 10.8. The van der Waals surface area contributed by atoms with Gasteiger partial charge in [-0.15, -0.1) is 0 Å². The summed E-state index contributed by atoms with van der Waals surface area (Å²) in [5.74, 6) is 4.04. The summed E-state index contributed by atoms with van der Waals surface area (Å²) in [5, 5.41) is 14.0. The van der Waals surface area contributed by atoms with E-state index in [-0.39, 0.29) is 12.1 Å². The second kappa shape index (κ2) is 10.4. The lowest BCUT2D eigenvalue weighted by Crippen LogP contribution is -2.51. The number of rotatable bonds is 9. The molecule has 0 aliphatic heterocycles. The van der Waals surface area contributed by atoms with Crippen LogP contribution in [-0.2, 0) is 9.53 Å². The molecule has 0 bridgehead atoms. The average molecular weight is 460 g/mol. The van der Waals surface area contributed by atoms with Gasteiger partial charge in [0.2, 0.25) is 0 Å². The molecule has 0 saturated heterocycles. The molecule has 3 saturated carbocycles. The van der Waals surface area contributed by atoms with Crippen LogP contribution in [-0.4, -0.2) is 37.4 Å². The first-order valence-electron chi connectivity index (χ1n) is 13.9. The quantitative estimate of drug-likeness (QED) is 0.257. The molecule has 4 aliphatic rings. The van der Waals surface area contributed by atoms with Crippen LogP contribution in [0.2, 0.25) is 0 Å². The van der Waals surface area contributed by atoms with Crippen molar-refractivity contribution in [3.63, 3.8) is 0 Å². The molecule has 8 atom stereocenters. The van der Waals surface area contributed by atoms with E-state index in [1.807, 2.05) is 0 Å². The Morgan fingerprint density at radius 2 is 1.97 bits per heavy atom. The summed E-state index contributed by atoms with van der Waals surface area (Å²) in [6.45, 7) is 9.84. The van der Waals surface area contributed by atoms with Gasteiger partial charge in [0.1, 0.15) is 0 Å². The number of nitrogens with one attached hydrogen (secondary N) is 1. The van der Waals surface area contributed by atoms with Gasteiger partial charge in [-0.25, -0.2) is 0 Å². The molecular weight excluding hydrogens is 410 g/mol. The first kappa shape index (κ1) is 25.2. The van der Waals surface area contributed by atoms with Crippen molar-refractivity contribution in [1.29, 1.82) is 0 Å². The van der Waals surface area contributed by atoms with Crippen molar-refractivity contribution < 1.29 is 14.6 Å². The van der Waals surface area contributed by atoms with Gasteiger partial charge in [-0.2, -0.15) is 0 Å². The number of esters is 1. The standard InChI is InChI=1S/C29H49NO3/c1-20(19-30-17-7-5-6-8-27(32)33-4)24-11-12-25-23-10-9-21-18-22(31)13-15-28(21,2)26(23)14-16-29(24,25)3/h9,20,22-26,30-31H,5-8,10-19H2,1-4H3/t20-,22+,23+,24-,25+,26+,28+,29-/m1/s1. The Labute approximate surface area is 202 Å². The van der Waals surface area contributed by atoms with E-state index in [4.69, 9.17) is 4.74 Å². The molecule has 0 aromatic carbocycles. The Hall–Kier alpha value is -0.870. The van der Waals surface area contributed by atoms with E-state index in [0.717, 1.165) is 74.8 Å². The summed E-state index contributed by atoms with van der Waals surface area (Å²) in [6.07, 6.45) is 16.1. The number of methoxy groups -OCH3 is 1. The predicted octanol–water partition coefficient (Wildman–Crippen LogP) is 5.89. The number of fused-ring (bicyclic) bond motifs is 5. The van der Waals surface area contributed by atoms with Crippen LogP contribution >= 0.6 is 0 Å². The zero-order chi connectivity index (χ0) is 23.6. The molecule has 0 radical (unpaired) electrons. The molecule has 3 fully saturated rings. The fourth-order valence-electron chi connectivity index (χ4n) is 8.89. The third-order valence-electron chi connectivity index (χ3n) is 10.8. The van der Waals surface area contributed by atoms with Crippen molar-refractivity contribution in [2.24, 2.45) is 40.4 Å². The molecular formula is C29H49NO3. The third kappa shape index (κ3) is 4.94. The summed E-state index contributed by atoms with van der Waals surface area (Å²) in [7, 11) is 1.47. The van der Waals surface area contributed by atoms with Crippen LogP contribution < -0.4 is 5.32 Å². The van der Waals surface area contributed by atoms with E-state index in [1.165, 1.54) is 45.6 Å². The first-order valence-corrected chi connectivity index (χ1v) is 13.9. The number of hydrogen-bond donors (Lipinski definition) is 2. The van der Waals surface area contributed by atoms with Crippen LogP contribution in [0.5, 0.6) is 0 Å². The molecule has 4 heteroatoms. The number of carbonyl (C=O) groups excluding carboxylic acids is 1. The Morgan fingerprint density at radius 1 is 1.15 bits per heavy atom. The number of unbranched alkanes of at least 4 members (excludes halogenated alkanes) is 2. The normalized spacial score (nSPS) is 40.9. The molecule has 0 unspecified atom stereocenters. The van der Waals surface area contributed by atoms with Crippen molar-refractivity contribution in [1.82, 2.24) is 5.32 Å². The van der Waals surface area contributed by atoms with Gasteiger partial charge in [0.05, 0.1) is 13.2 Å². The monoisotopic (exact) mass is 459 g/mol. The lowest BCUT2D eigenvalue weighted by molar-refractivity contribution is -0.140. The Kier molecular flexibility index (Phi) is 7.95. The van der Waals surface area contributed by atoms with Crippen LogP contribution in [0.15, 0.2) is 11.6 Å². The number of ether oxygens (including phenoxy) is 1. The fourth-order valence-corrected chi connectivity index (χ4v) is 8.89. The van der Waals surface area contributed by atoms with Crippen LogP contribution in [0.25, 0.3) is 0 Å². The molecule has 0 heterocycles.